The fraction of sp³-hybridized carbons (Fsp3) is 1.00. The van der Waals surface area contributed by atoms with Crippen molar-refractivity contribution in [3.05, 3.63) is 0 Å². The zero-order valence-corrected chi connectivity index (χ0v) is 5.54. The zero-order valence-electron chi connectivity index (χ0n) is 6.54. The predicted octanol–water partition coefficient (Wildman–Crippen LogP) is 2.27. The first kappa shape index (κ1) is 7.60. The molecule has 0 saturated heterocycles. The van der Waals surface area contributed by atoms with Gasteiger partial charge in [0.15, 0.2) is 0 Å². The molecule has 0 amide bonds. The van der Waals surface area contributed by atoms with Gasteiger partial charge in [-0.25, -0.2) is 0 Å². The van der Waals surface area contributed by atoms with Crippen LogP contribution in [0.4, 0.5) is 0 Å². The van der Waals surface area contributed by atoms with Crippen LogP contribution in [-0.4, -0.2) is 17.7 Å². The van der Waals surface area contributed by atoms with E-state index >= 15 is 0 Å². The Morgan fingerprint density at radius 2 is 2.00 bits per heavy atom. The van der Waals surface area contributed by atoms with Gasteiger partial charge in [0, 0.05) is 0 Å². The van der Waals surface area contributed by atoms with Gasteiger partial charge in [-0.15, -0.1) is 0 Å². The molecular formula is C6H14Li+. The second-order valence-corrected chi connectivity index (χ2v) is 2.06. The summed E-state index contributed by atoms with van der Waals surface area (Å²) in [5, 5.41) is 1.36. The Hall–Kier alpha value is 0.597. The van der Waals surface area contributed by atoms with Gasteiger partial charge in [0.25, 0.3) is 0 Å². The summed E-state index contributed by atoms with van der Waals surface area (Å²) in [6, 6.07) is 0. The van der Waals surface area contributed by atoms with Gasteiger partial charge in [-0.2, -0.15) is 0 Å². The van der Waals surface area contributed by atoms with Crippen LogP contribution in [0.15, 0.2) is 0 Å². The minimum absolute atomic E-state index is 0. The van der Waals surface area contributed by atoms with Crippen LogP contribution >= 0.6 is 0 Å². The summed E-state index contributed by atoms with van der Waals surface area (Å²) < 4.78 is 0. The standard InChI is InChI=1S/C6H13.Li/c1-3-5-6-4-2;/h1,3-6H2,2H3;/p+1. The SMILES string of the molecule is [H+].[Li][CH2]CCCCC. The molecule has 0 heterocycles. The summed E-state index contributed by atoms with van der Waals surface area (Å²) in [7, 11) is 0. The molecule has 0 radical (unpaired) electrons. The molecule has 0 fully saturated rings. The van der Waals surface area contributed by atoms with Crippen LogP contribution in [0.2, 0.25) is 5.09 Å². The van der Waals surface area contributed by atoms with Gasteiger partial charge in [0.1, 0.15) is 0 Å². The Morgan fingerprint density at radius 3 is 2.43 bits per heavy atom. The maximum absolute atomic E-state index is 2.25. The Balaban J connectivity index is 0. The fourth-order valence-electron chi connectivity index (χ4n) is 0.677. The Bertz CT molecular complexity index is 27.7. The van der Waals surface area contributed by atoms with E-state index in [1.54, 1.807) is 0 Å². The van der Waals surface area contributed by atoms with Crippen LogP contribution < -0.4 is 0 Å². The molecule has 0 atom stereocenters. The first-order valence-corrected chi connectivity index (χ1v) is 3.41. The van der Waals surface area contributed by atoms with E-state index in [4.69, 9.17) is 0 Å². The second kappa shape index (κ2) is 6.60. The van der Waals surface area contributed by atoms with E-state index in [2.05, 4.69) is 24.6 Å². The molecule has 0 N–H and O–H groups in total. The van der Waals surface area contributed by atoms with E-state index < -0.39 is 0 Å². The van der Waals surface area contributed by atoms with E-state index in [1.807, 2.05) is 0 Å². The van der Waals surface area contributed by atoms with Crippen LogP contribution in [-0.2, 0) is 0 Å². The van der Waals surface area contributed by atoms with Crippen LogP contribution in [0.5, 0.6) is 0 Å². The van der Waals surface area contributed by atoms with Crippen LogP contribution in [0.3, 0.4) is 0 Å². The van der Waals surface area contributed by atoms with Crippen LogP contribution in [0, 0.1) is 0 Å². The van der Waals surface area contributed by atoms with E-state index in [-0.39, 0.29) is 1.43 Å². The molecule has 7 heavy (non-hydrogen) atoms. The van der Waals surface area contributed by atoms with Gasteiger partial charge in [0.2, 0.25) is 0 Å². The average Bonchev–Trinajstić information content (AvgIpc) is 1.69. The Morgan fingerprint density at radius 1 is 1.29 bits per heavy atom. The summed E-state index contributed by atoms with van der Waals surface area (Å²) in [5.41, 5.74) is 0. The average molecular weight is 93.1 g/mol. The molecule has 0 unspecified atom stereocenters. The molecule has 0 bridgehead atoms. The number of hydrogen-bond acceptors (Lipinski definition) is 0. The van der Waals surface area contributed by atoms with Gasteiger partial charge < -0.3 is 0 Å². The van der Waals surface area contributed by atoms with E-state index in [0.717, 1.165) is 0 Å². The topological polar surface area (TPSA) is 0 Å². The summed E-state index contributed by atoms with van der Waals surface area (Å²) in [6.07, 6.45) is 5.65. The number of hydrogen-bond donors (Lipinski definition) is 0. The van der Waals surface area contributed by atoms with Crippen LogP contribution in [0.1, 0.15) is 34.0 Å². The molecule has 1 heteroatoms. The summed E-state index contributed by atoms with van der Waals surface area (Å²) in [6.45, 7) is 2.25. The van der Waals surface area contributed by atoms with Crippen molar-refractivity contribution in [1.29, 1.82) is 0 Å². The van der Waals surface area contributed by atoms with Gasteiger partial charge in [-0.3, -0.25) is 0 Å². The van der Waals surface area contributed by atoms with Crippen molar-refractivity contribution in [2.24, 2.45) is 0 Å². The van der Waals surface area contributed by atoms with Crippen molar-refractivity contribution in [2.45, 2.75) is 37.7 Å². The molecular weight excluding hydrogens is 79.0 g/mol. The maximum atomic E-state index is 2.25. The monoisotopic (exact) mass is 93.1 g/mol. The molecule has 0 aromatic carbocycles. The molecule has 0 rings (SSSR count). The van der Waals surface area contributed by atoms with Crippen LogP contribution in [0.25, 0.3) is 0 Å². The molecule has 0 aromatic rings. The molecule has 0 saturated carbocycles. The molecule has 0 spiro atoms. The molecule has 0 aliphatic carbocycles. The summed E-state index contributed by atoms with van der Waals surface area (Å²) in [5.74, 6) is 0. The first-order valence-electron chi connectivity index (χ1n) is 3.41. The second-order valence-electron chi connectivity index (χ2n) is 2.06. The van der Waals surface area contributed by atoms with Crippen molar-refractivity contribution in [3.8, 4) is 0 Å². The van der Waals surface area contributed by atoms with Gasteiger partial charge >= 0.3 is 56.8 Å². The van der Waals surface area contributed by atoms with E-state index in [1.165, 1.54) is 30.8 Å². The molecule has 0 aliphatic heterocycles. The predicted molar refractivity (Wildman–Crippen MR) is 35.8 cm³/mol. The third-order valence-electron chi connectivity index (χ3n) is 1.21. The van der Waals surface area contributed by atoms with E-state index in [9.17, 15) is 0 Å². The normalized spacial score (nSPS) is 9.57. The summed E-state index contributed by atoms with van der Waals surface area (Å²) in [4.78, 5) is 0. The number of rotatable bonds is 4. The quantitative estimate of drug-likeness (QED) is 0.369. The zero-order chi connectivity index (χ0) is 5.54. The molecule has 0 aliphatic rings. The van der Waals surface area contributed by atoms with Crippen molar-refractivity contribution in [3.63, 3.8) is 0 Å². The van der Waals surface area contributed by atoms with Crippen molar-refractivity contribution < 1.29 is 1.43 Å². The number of unbranched alkanes of at least 4 members (excludes halogenated alkanes) is 3. The molecule has 0 nitrogen and oxygen atoms in total. The Labute approximate surface area is 57.4 Å². The first-order chi connectivity index (χ1) is 3.41. The van der Waals surface area contributed by atoms with Crippen molar-refractivity contribution in [1.82, 2.24) is 0 Å². The van der Waals surface area contributed by atoms with Gasteiger partial charge in [-0.1, -0.05) is 0 Å². The third-order valence-corrected chi connectivity index (χ3v) is 1.21. The molecule has 38 valence electrons. The van der Waals surface area contributed by atoms with Gasteiger partial charge in [0.05, 0.1) is 0 Å². The Kier molecular flexibility index (Phi) is 7.16. The third kappa shape index (κ3) is 6.60. The van der Waals surface area contributed by atoms with E-state index in [0.29, 0.717) is 0 Å². The summed E-state index contributed by atoms with van der Waals surface area (Å²) >= 11 is 2.25. The van der Waals surface area contributed by atoms with Gasteiger partial charge in [-0.05, 0) is 0 Å². The minimum atomic E-state index is 0. The van der Waals surface area contributed by atoms with Crippen molar-refractivity contribution in [2.75, 3.05) is 0 Å². The van der Waals surface area contributed by atoms with Crippen molar-refractivity contribution >= 4 is 17.7 Å². The molecule has 0 aromatic heterocycles. The fourth-order valence-corrected chi connectivity index (χ4v) is 0.677.